The molecule has 0 fully saturated rings. The molecule has 1 aromatic carbocycles. The van der Waals surface area contributed by atoms with Crippen LogP contribution in [-0.4, -0.2) is 24.6 Å². The Hall–Kier alpha value is -2.41. The Labute approximate surface area is 111 Å². The number of ether oxygens (including phenoxy) is 2. The Morgan fingerprint density at radius 3 is 2.63 bits per heavy atom. The largest absolute Gasteiger partial charge is 0.497 e. The van der Waals surface area contributed by atoms with Crippen molar-refractivity contribution in [1.29, 1.82) is 0 Å². The molecule has 0 radical (unpaired) electrons. The quantitative estimate of drug-likeness (QED) is 0.624. The molecule has 98 valence electrons. The number of carbonyl (C=O) groups is 1. The minimum absolute atomic E-state index is 0.0239. The predicted molar refractivity (Wildman–Crippen MR) is 73.9 cm³/mol. The van der Waals surface area contributed by atoms with E-state index < -0.39 is 0 Å². The first kappa shape index (κ1) is 13.0. The molecule has 4 heteroatoms. The minimum Gasteiger partial charge on any atom is -0.497 e. The van der Waals surface area contributed by atoms with E-state index in [4.69, 9.17) is 15.9 Å². The van der Waals surface area contributed by atoms with Crippen LogP contribution < -0.4 is 9.47 Å². The van der Waals surface area contributed by atoms with Crippen LogP contribution in [0.5, 0.6) is 11.5 Å². The van der Waals surface area contributed by atoms with Gasteiger partial charge in [0.15, 0.2) is 5.78 Å². The number of nitrogens with zero attached hydrogens (tertiary/aromatic N) is 1. The fraction of sp³-hybridized carbons (Fsp3) is 0.267. The van der Waals surface area contributed by atoms with Crippen LogP contribution in [0.3, 0.4) is 0 Å². The predicted octanol–water partition coefficient (Wildman–Crippen LogP) is 2.49. The van der Waals surface area contributed by atoms with E-state index in [1.807, 2.05) is 10.6 Å². The van der Waals surface area contributed by atoms with Crippen molar-refractivity contribution in [2.24, 2.45) is 0 Å². The average molecular weight is 257 g/mol. The highest BCUT2D eigenvalue weighted by atomic mass is 16.5. The lowest BCUT2D eigenvalue weighted by molar-refractivity contribution is 0.101. The van der Waals surface area contributed by atoms with Crippen molar-refractivity contribution in [2.75, 3.05) is 14.2 Å². The number of Topliss-reactive ketones (excluding diaryl/α,β-unsaturated/α-hetero) is 1. The number of rotatable bonds is 4. The van der Waals surface area contributed by atoms with E-state index in [2.05, 4.69) is 5.92 Å². The first-order chi connectivity index (χ1) is 9.12. The van der Waals surface area contributed by atoms with Gasteiger partial charge in [-0.05, 0) is 6.92 Å². The highest BCUT2D eigenvalue weighted by molar-refractivity contribution is 6.09. The summed E-state index contributed by atoms with van der Waals surface area (Å²) in [5.74, 6) is 3.82. The summed E-state index contributed by atoms with van der Waals surface area (Å²) in [6.07, 6.45) is 7.12. The molecule has 0 spiro atoms. The molecule has 2 rings (SSSR count). The molecule has 0 unspecified atom stereocenters. The van der Waals surface area contributed by atoms with Crippen LogP contribution in [0.4, 0.5) is 0 Å². The number of benzene rings is 1. The maximum atomic E-state index is 11.7. The lowest BCUT2D eigenvalue weighted by Gasteiger charge is -2.08. The topological polar surface area (TPSA) is 40.5 Å². The van der Waals surface area contributed by atoms with Gasteiger partial charge in [-0.15, -0.1) is 6.42 Å². The van der Waals surface area contributed by atoms with E-state index in [1.165, 1.54) is 6.92 Å². The first-order valence-corrected chi connectivity index (χ1v) is 5.81. The van der Waals surface area contributed by atoms with Gasteiger partial charge in [0.2, 0.25) is 0 Å². The number of methoxy groups -OCH3 is 2. The van der Waals surface area contributed by atoms with Gasteiger partial charge < -0.3 is 14.0 Å². The summed E-state index contributed by atoms with van der Waals surface area (Å²) in [4.78, 5) is 11.7. The van der Waals surface area contributed by atoms with Gasteiger partial charge in [-0.25, -0.2) is 0 Å². The van der Waals surface area contributed by atoms with Crippen molar-refractivity contribution in [3.05, 3.63) is 23.9 Å². The normalized spacial score (nSPS) is 10.2. The number of hydrogen-bond acceptors (Lipinski definition) is 3. The molecule has 1 heterocycles. The fourth-order valence-electron chi connectivity index (χ4n) is 2.14. The van der Waals surface area contributed by atoms with Gasteiger partial charge in [0.05, 0.1) is 31.7 Å². The number of hydrogen-bond donors (Lipinski definition) is 0. The Morgan fingerprint density at radius 2 is 2.11 bits per heavy atom. The van der Waals surface area contributed by atoms with Gasteiger partial charge in [-0.2, -0.15) is 0 Å². The molecule has 0 aliphatic carbocycles. The lowest BCUT2D eigenvalue weighted by atomic mass is 10.1. The summed E-state index contributed by atoms with van der Waals surface area (Å²) in [5.41, 5.74) is 1.43. The zero-order valence-corrected chi connectivity index (χ0v) is 11.2. The number of carbonyl (C=O) groups excluding carboxylic acids is 1. The van der Waals surface area contributed by atoms with E-state index in [9.17, 15) is 4.79 Å². The molecular weight excluding hydrogens is 242 g/mol. The monoisotopic (exact) mass is 257 g/mol. The molecule has 0 saturated heterocycles. The number of terminal acetylenes is 1. The second-order valence-electron chi connectivity index (χ2n) is 4.15. The lowest BCUT2D eigenvalue weighted by Crippen LogP contribution is -1.94. The third kappa shape index (κ3) is 2.15. The van der Waals surface area contributed by atoms with E-state index in [0.717, 1.165) is 10.9 Å². The maximum Gasteiger partial charge on any atom is 0.162 e. The van der Waals surface area contributed by atoms with Gasteiger partial charge in [0.25, 0.3) is 0 Å². The van der Waals surface area contributed by atoms with Crippen LogP contribution in [0, 0.1) is 12.3 Å². The highest BCUT2D eigenvalue weighted by Gasteiger charge is 2.17. The van der Waals surface area contributed by atoms with Crippen LogP contribution in [0.25, 0.3) is 10.9 Å². The Bertz CT molecular complexity index is 677. The highest BCUT2D eigenvalue weighted by Crippen LogP contribution is 2.35. The summed E-state index contributed by atoms with van der Waals surface area (Å²) < 4.78 is 12.4. The van der Waals surface area contributed by atoms with Crippen molar-refractivity contribution < 1.29 is 14.3 Å². The number of fused-ring (bicyclic) bond motifs is 1. The fourth-order valence-corrected chi connectivity index (χ4v) is 2.14. The first-order valence-electron chi connectivity index (χ1n) is 5.81. The van der Waals surface area contributed by atoms with Crippen molar-refractivity contribution in [3.8, 4) is 23.8 Å². The van der Waals surface area contributed by atoms with Crippen LogP contribution in [-0.2, 0) is 6.54 Å². The van der Waals surface area contributed by atoms with Crippen LogP contribution in [0.15, 0.2) is 18.3 Å². The van der Waals surface area contributed by atoms with Crippen molar-refractivity contribution in [3.63, 3.8) is 0 Å². The molecule has 0 atom stereocenters. The van der Waals surface area contributed by atoms with Gasteiger partial charge in [-0.3, -0.25) is 4.79 Å². The SMILES string of the molecule is C#CCn1cc(C(C)=O)c2c(OC)cc(OC)cc21. The third-order valence-corrected chi connectivity index (χ3v) is 3.02. The molecule has 0 N–H and O–H groups in total. The van der Waals surface area contributed by atoms with E-state index in [1.54, 1.807) is 26.5 Å². The Kier molecular flexibility index (Phi) is 3.48. The standard InChI is InChI=1S/C15H15NO3/c1-5-6-16-9-12(10(2)17)15-13(16)7-11(18-3)8-14(15)19-4/h1,7-9H,6H2,2-4H3. The maximum absolute atomic E-state index is 11.7. The van der Waals surface area contributed by atoms with Crippen LogP contribution >= 0.6 is 0 Å². The second-order valence-corrected chi connectivity index (χ2v) is 4.15. The summed E-state index contributed by atoms with van der Waals surface area (Å²) in [6, 6.07) is 3.61. The molecule has 0 amide bonds. The van der Waals surface area contributed by atoms with Gasteiger partial charge in [0, 0.05) is 23.9 Å². The van der Waals surface area contributed by atoms with Gasteiger partial charge >= 0.3 is 0 Å². The zero-order chi connectivity index (χ0) is 14.0. The minimum atomic E-state index is -0.0239. The van der Waals surface area contributed by atoms with Crippen molar-refractivity contribution >= 4 is 16.7 Å². The number of ketones is 1. The van der Waals surface area contributed by atoms with E-state index >= 15 is 0 Å². The molecule has 0 saturated carbocycles. The molecular formula is C15H15NO3. The Morgan fingerprint density at radius 1 is 1.37 bits per heavy atom. The smallest absolute Gasteiger partial charge is 0.162 e. The Balaban J connectivity index is 2.85. The molecule has 1 aromatic heterocycles. The summed E-state index contributed by atoms with van der Waals surface area (Å²) >= 11 is 0. The molecule has 0 bridgehead atoms. The summed E-state index contributed by atoms with van der Waals surface area (Å²) in [6.45, 7) is 1.92. The summed E-state index contributed by atoms with van der Waals surface area (Å²) in [5, 5.41) is 0.769. The number of aromatic nitrogens is 1. The van der Waals surface area contributed by atoms with Crippen LogP contribution in [0.1, 0.15) is 17.3 Å². The van der Waals surface area contributed by atoms with Crippen molar-refractivity contribution in [1.82, 2.24) is 4.57 Å². The zero-order valence-electron chi connectivity index (χ0n) is 11.2. The van der Waals surface area contributed by atoms with Gasteiger partial charge in [-0.1, -0.05) is 5.92 Å². The second kappa shape index (κ2) is 5.07. The van der Waals surface area contributed by atoms with Gasteiger partial charge in [0.1, 0.15) is 11.5 Å². The molecule has 4 nitrogen and oxygen atoms in total. The average Bonchev–Trinajstić information content (AvgIpc) is 2.77. The van der Waals surface area contributed by atoms with Crippen molar-refractivity contribution in [2.45, 2.75) is 13.5 Å². The molecule has 2 aromatic rings. The third-order valence-electron chi connectivity index (χ3n) is 3.02. The summed E-state index contributed by atoms with van der Waals surface area (Å²) in [7, 11) is 3.15. The van der Waals surface area contributed by atoms with E-state index in [0.29, 0.717) is 23.6 Å². The molecule has 0 aliphatic heterocycles. The molecule has 0 aliphatic rings. The molecule has 19 heavy (non-hydrogen) atoms. The van der Waals surface area contributed by atoms with Crippen LogP contribution in [0.2, 0.25) is 0 Å². The van der Waals surface area contributed by atoms with E-state index in [-0.39, 0.29) is 5.78 Å².